The molecule has 0 radical (unpaired) electrons. The fourth-order valence-electron chi connectivity index (χ4n) is 2.72. The molecule has 0 aromatic carbocycles. The summed E-state index contributed by atoms with van der Waals surface area (Å²) in [6.07, 6.45) is 4.30. The average Bonchev–Trinajstić information content (AvgIpc) is 3.11. The third-order valence-electron chi connectivity index (χ3n) is 3.97. The highest BCUT2D eigenvalue weighted by Crippen LogP contribution is 2.26. The van der Waals surface area contributed by atoms with Gasteiger partial charge >= 0.3 is 0 Å². The number of carbonyl (C=O) groups is 3. The zero-order chi connectivity index (χ0) is 16.4. The number of amides is 3. The number of pyridine rings is 1. The first-order chi connectivity index (χ1) is 11.0. The molecule has 1 unspecified atom stereocenters. The molecule has 1 aromatic heterocycles. The third-order valence-corrected chi connectivity index (χ3v) is 4.57. The first-order valence-corrected chi connectivity index (χ1v) is 8.21. The summed E-state index contributed by atoms with van der Waals surface area (Å²) in [6, 6.07) is 1.76. The molecule has 3 rings (SSSR count). The topological polar surface area (TPSA) is 79.8 Å². The van der Waals surface area contributed by atoms with Crippen LogP contribution in [-0.2, 0) is 14.4 Å². The molecule has 2 aliphatic heterocycles. The van der Waals surface area contributed by atoms with Crippen molar-refractivity contribution in [2.75, 3.05) is 19.6 Å². The van der Waals surface area contributed by atoms with E-state index >= 15 is 0 Å². The van der Waals surface area contributed by atoms with E-state index in [2.05, 4.69) is 20.9 Å². The van der Waals surface area contributed by atoms with Gasteiger partial charge in [-0.15, -0.1) is 0 Å². The molecule has 8 heteroatoms. The van der Waals surface area contributed by atoms with Crippen LogP contribution in [-0.4, -0.2) is 58.2 Å². The van der Waals surface area contributed by atoms with Gasteiger partial charge in [0, 0.05) is 38.2 Å². The number of hydrogen-bond donors (Lipinski definition) is 0. The molecular formula is C15H16BrN3O4. The van der Waals surface area contributed by atoms with Crippen LogP contribution < -0.4 is 4.74 Å². The molecule has 2 aliphatic rings. The highest BCUT2D eigenvalue weighted by molar-refractivity contribution is 9.10. The lowest BCUT2D eigenvalue weighted by molar-refractivity contribution is -0.145. The summed E-state index contributed by atoms with van der Waals surface area (Å²) in [5, 5.41) is 0. The number of rotatable bonds is 4. The largest absolute Gasteiger partial charge is 0.487 e. The number of carbonyl (C=O) groups excluding carboxylic acids is 3. The van der Waals surface area contributed by atoms with Crippen LogP contribution in [0.2, 0.25) is 0 Å². The summed E-state index contributed by atoms with van der Waals surface area (Å²) >= 11 is 3.37. The lowest BCUT2D eigenvalue weighted by Crippen LogP contribution is -2.42. The van der Waals surface area contributed by atoms with Gasteiger partial charge in [0.25, 0.3) is 0 Å². The van der Waals surface area contributed by atoms with Gasteiger partial charge in [-0.2, -0.15) is 0 Å². The van der Waals surface area contributed by atoms with Gasteiger partial charge in [-0.25, -0.2) is 0 Å². The molecule has 3 amide bonds. The van der Waals surface area contributed by atoms with Gasteiger partial charge in [0.05, 0.1) is 11.0 Å². The van der Waals surface area contributed by atoms with Crippen LogP contribution >= 0.6 is 15.9 Å². The number of aromatic nitrogens is 1. The maximum absolute atomic E-state index is 12.3. The van der Waals surface area contributed by atoms with E-state index in [1.165, 1.54) is 0 Å². The maximum atomic E-state index is 12.3. The number of hydrogen-bond acceptors (Lipinski definition) is 5. The van der Waals surface area contributed by atoms with Gasteiger partial charge in [0.1, 0.15) is 18.4 Å². The highest BCUT2D eigenvalue weighted by atomic mass is 79.9. The Bertz CT molecular complexity index is 635. The van der Waals surface area contributed by atoms with E-state index < -0.39 is 0 Å². The lowest BCUT2D eigenvalue weighted by atomic mass is 10.3. The summed E-state index contributed by atoms with van der Waals surface area (Å²) in [5.41, 5.74) is 0. The Hall–Kier alpha value is -1.96. The van der Waals surface area contributed by atoms with Crippen molar-refractivity contribution in [2.24, 2.45) is 0 Å². The van der Waals surface area contributed by atoms with E-state index in [-0.39, 0.29) is 43.2 Å². The molecule has 0 aliphatic carbocycles. The number of halogens is 1. The van der Waals surface area contributed by atoms with Crippen LogP contribution in [0.15, 0.2) is 22.9 Å². The number of likely N-dealkylation sites (tertiary alicyclic amines) is 2. The van der Waals surface area contributed by atoms with Crippen LogP contribution in [0.4, 0.5) is 0 Å². The number of imide groups is 1. The zero-order valence-electron chi connectivity index (χ0n) is 12.4. The second-order valence-electron chi connectivity index (χ2n) is 5.55. The SMILES string of the molecule is O=C(CN1C(=O)CCC1=O)N1CCC(Oc2ccncc2Br)C1. The molecule has 0 saturated carbocycles. The summed E-state index contributed by atoms with van der Waals surface area (Å²) in [5.74, 6) is -0.0650. The Labute approximate surface area is 141 Å². The monoisotopic (exact) mass is 381 g/mol. The Morgan fingerprint density at radius 1 is 1.35 bits per heavy atom. The minimum Gasteiger partial charge on any atom is -0.487 e. The fraction of sp³-hybridized carbons (Fsp3) is 0.467. The van der Waals surface area contributed by atoms with Crippen LogP contribution in [0.1, 0.15) is 19.3 Å². The average molecular weight is 382 g/mol. The predicted molar refractivity (Wildman–Crippen MR) is 83.5 cm³/mol. The predicted octanol–water partition coefficient (Wildman–Crippen LogP) is 0.973. The van der Waals surface area contributed by atoms with Crippen LogP contribution in [0.25, 0.3) is 0 Å². The van der Waals surface area contributed by atoms with Crippen LogP contribution in [0.5, 0.6) is 5.75 Å². The zero-order valence-corrected chi connectivity index (χ0v) is 14.0. The normalized spacial score (nSPS) is 21.2. The molecule has 0 spiro atoms. The summed E-state index contributed by atoms with van der Waals surface area (Å²) in [7, 11) is 0. The minimum absolute atomic E-state index is 0.109. The van der Waals surface area contributed by atoms with Crippen molar-refractivity contribution >= 4 is 33.7 Å². The smallest absolute Gasteiger partial charge is 0.242 e. The Morgan fingerprint density at radius 3 is 2.78 bits per heavy atom. The molecule has 0 bridgehead atoms. The van der Waals surface area contributed by atoms with Gasteiger partial charge in [0.15, 0.2) is 0 Å². The van der Waals surface area contributed by atoms with Crippen molar-refractivity contribution in [3.8, 4) is 5.75 Å². The first kappa shape index (κ1) is 15.9. The number of nitrogens with zero attached hydrogens (tertiary/aromatic N) is 3. The van der Waals surface area contributed by atoms with Gasteiger partial charge < -0.3 is 9.64 Å². The molecule has 23 heavy (non-hydrogen) atoms. The lowest BCUT2D eigenvalue weighted by Gasteiger charge is -2.20. The highest BCUT2D eigenvalue weighted by Gasteiger charge is 2.34. The van der Waals surface area contributed by atoms with Crippen molar-refractivity contribution in [3.63, 3.8) is 0 Å². The molecule has 122 valence electrons. The molecule has 3 heterocycles. The van der Waals surface area contributed by atoms with E-state index in [1.807, 2.05) is 0 Å². The molecular weight excluding hydrogens is 366 g/mol. The first-order valence-electron chi connectivity index (χ1n) is 7.41. The molecule has 7 nitrogen and oxygen atoms in total. The van der Waals surface area contributed by atoms with Crippen LogP contribution in [0, 0.1) is 0 Å². The van der Waals surface area contributed by atoms with E-state index in [9.17, 15) is 14.4 Å². The second kappa shape index (κ2) is 6.66. The van der Waals surface area contributed by atoms with Crippen molar-refractivity contribution in [2.45, 2.75) is 25.4 Å². The molecule has 0 N–H and O–H groups in total. The van der Waals surface area contributed by atoms with E-state index in [0.29, 0.717) is 25.3 Å². The van der Waals surface area contributed by atoms with Gasteiger partial charge in [-0.05, 0) is 22.0 Å². The Kier molecular flexibility index (Phi) is 4.61. The Morgan fingerprint density at radius 2 is 2.09 bits per heavy atom. The van der Waals surface area contributed by atoms with Gasteiger partial charge in [-0.1, -0.05) is 0 Å². The van der Waals surface area contributed by atoms with Crippen molar-refractivity contribution in [1.82, 2.24) is 14.8 Å². The Balaban J connectivity index is 1.55. The van der Waals surface area contributed by atoms with E-state index in [1.54, 1.807) is 23.4 Å². The maximum Gasteiger partial charge on any atom is 0.242 e. The van der Waals surface area contributed by atoms with E-state index in [4.69, 9.17) is 4.74 Å². The number of ether oxygens (including phenoxy) is 1. The van der Waals surface area contributed by atoms with Crippen LogP contribution in [0.3, 0.4) is 0 Å². The van der Waals surface area contributed by atoms with Gasteiger partial charge in [0.2, 0.25) is 17.7 Å². The summed E-state index contributed by atoms with van der Waals surface area (Å²) in [4.78, 5) is 42.1. The molecule has 1 atom stereocenters. The van der Waals surface area contributed by atoms with Crippen molar-refractivity contribution < 1.29 is 19.1 Å². The quantitative estimate of drug-likeness (QED) is 0.726. The van der Waals surface area contributed by atoms with E-state index in [0.717, 1.165) is 9.37 Å². The summed E-state index contributed by atoms with van der Waals surface area (Å²) < 4.78 is 6.63. The molecule has 2 saturated heterocycles. The van der Waals surface area contributed by atoms with Crippen molar-refractivity contribution in [3.05, 3.63) is 22.9 Å². The summed E-state index contributed by atoms with van der Waals surface area (Å²) in [6.45, 7) is 0.843. The van der Waals surface area contributed by atoms with Crippen molar-refractivity contribution in [1.29, 1.82) is 0 Å². The second-order valence-corrected chi connectivity index (χ2v) is 6.40. The minimum atomic E-state index is -0.268. The fourth-order valence-corrected chi connectivity index (χ4v) is 3.07. The molecule has 2 fully saturated rings. The third kappa shape index (κ3) is 3.52. The van der Waals surface area contributed by atoms with Gasteiger partial charge in [-0.3, -0.25) is 24.3 Å². The molecule has 1 aromatic rings. The standard InChI is InChI=1S/C15H16BrN3O4/c16-11-7-17-5-3-12(11)23-10-4-6-18(8-10)15(22)9-19-13(20)1-2-14(19)21/h3,5,7,10H,1-2,4,6,8-9H2.